The van der Waals surface area contributed by atoms with Gasteiger partial charge < -0.3 is 14.3 Å². The normalized spacial score (nSPS) is 11.0. The zero-order valence-corrected chi connectivity index (χ0v) is 16.4. The largest absolute Gasteiger partial charge is 0.456 e. The molecule has 146 valence electrons. The molecule has 0 atom stereocenters. The van der Waals surface area contributed by atoms with Crippen molar-refractivity contribution in [2.24, 2.45) is 0 Å². The van der Waals surface area contributed by atoms with Crippen molar-refractivity contribution >= 4 is 22.6 Å². The molecule has 5 heteroatoms. The van der Waals surface area contributed by atoms with Crippen LogP contribution in [0.4, 0.5) is 5.69 Å². The first kappa shape index (κ1) is 17.9. The molecule has 0 bridgehead atoms. The number of benzene rings is 2. The number of fused-ring (bicyclic) bond motifs is 1. The lowest BCUT2D eigenvalue weighted by atomic mass is 10.1. The Hall–Kier alpha value is -4.12. The fraction of sp³-hybridized carbons (Fsp3) is 0.0400. The molecule has 0 spiro atoms. The second kappa shape index (κ2) is 7.37. The van der Waals surface area contributed by atoms with E-state index >= 15 is 0 Å². The van der Waals surface area contributed by atoms with Gasteiger partial charge in [-0.05, 0) is 48.9 Å². The predicted molar refractivity (Wildman–Crippen MR) is 118 cm³/mol. The van der Waals surface area contributed by atoms with E-state index in [1.807, 2.05) is 90.6 Å². The summed E-state index contributed by atoms with van der Waals surface area (Å²) in [5.74, 6) is 0.560. The van der Waals surface area contributed by atoms with Crippen molar-refractivity contribution < 1.29 is 9.21 Å². The molecule has 0 aliphatic carbocycles. The number of aromatic nitrogens is 2. The molecule has 0 radical (unpaired) electrons. The highest BCUT2D eigenvalue weighted by Crippen LogP contribution is 2.30. The molecule has 5 rings (SSSR count). The van der Waals surface area contributed by atoms with Crippen LogP contribution in [-0.4, -0.2) is 15.5 Å². The Balaban J connectivity index is 1.44. The van der Waals surface area contributed by atoms with Gasteiger partial charge in [0, 0.05) is 35.2 Å². The number of carbonyl (C=O) groups excluding carboxylic acids is 1. The zero-order valence-electron chi connectivity index (χ0n) is 16.4. The molecule has 5 nitrogen and oxygen atoms in total. The number of aryl methyl sites for hydroxylation is 1. The third-order valence-electron chi connectivity index (χ3n) is 5.08. The van der Waals surface area contributed by atoms with Crippen LogP contribution in [0.1, 0.15) is 15.9 Å². The number of hydrogen-bond acceptors (Lipinski definition) is 3. The van der Waals surface area contributed by atoms with Gasteiger partial charge in [0.1, 0.15) is 11.3 Å². The minimum atomic E-state index is -0.207. The number of nitrogens with zero attached hydrogens (tertiary/aromatic N) is 2. The molecule has 0 saturated heterocycles. The number of furan rings is 1. The summed E-state index contributed by atoms with van der Waals surface area (Å²) in [5, 5.41) is 4.06. The number of amides is 1. The summed E-state index contributed by atoms with van der Waals surface area (Å²) >= 11 is 0. The van der Waals surface area contributed by atoms with Gasteiger partial charge in [-0.1, -0.05) is 30.3 Å². The van der Waals surface area contributed by atoms with Crippen molar-refractivity contribution in [1.29, 1.82) is 0 Å². The van der Waals surface area contributed by atoms with Gasteiger partial charge in [-0.3, -0.25) is 9.78 Å². The van der Waals surface area contributed by atoms with Crippen molar-refractivity contribution in [1.82, 2.24) is 9.55 Å². The fourth-order valence-electron chi connectivity index (χ4n) is 3.43. The molecule has 0 aliphatic rings. The lowest BCUT2D eigenvalue weighted by molar-refractivity contribution is 0.102. The number of nitrogens with one attached hydrogen (secondary N) is 1. The van der Waals surface area contributed by atoms with Gasteiger partial charge in [0.05, 0.1) is 17.4 Å². The van der Waals surface area contributed by atoms with Gasteiger partial charge >= 0.3 is 0 Å². The molecule has 3 aromatic heterocycles. The van der Waals surface area contributed by atoms with E-state index in [4.69, 9.17) is 4.42 Å². The number of rotatable bonds is 4. The maximum Gasteiger partial charge on any atom is 0.257 e. The lowest BCUT2D eigenvalue weighted by Crippen LogP contribution is -2.13. The highest BCUT2D eigenvalue weighted by Gasteiger charge is 2.12. The first-order valence-electron chi connectivity index (χ1n) is 9.67. The molecule has 3 heterocycles. The molecule has 5 aromatic rings. The molecule has 1 amide bonds. The SMILES string of the molecule is Cc1ccc(-c2cc3ccccc3o2)cc1NC(=O)c1cncc(-n2cccc2)c1. The van der Waals surface area contributed by atoms with E-state index in [0.717, 1.165) is 39.2 Å². The third kappa shape index (κ3) is 3.37. The van der Waals surface area contributed by atoms with E-state index in [2.05, 4.69) is 10.3 Å². The van der Waals surface area contributed by atoms with Crippen molar-refractivity contribution in [3.63, 3.8) is 0 Å². The van der Waals surface area contributed by atoms with Crippen LogP contribution in [0.2, 0.25) is 0 Å². The van der Waals surface area contributed by atoms with Crippen LogP contribution in [0, 0.1) is 6.92 Å². The number of pyridine rings is 1. The summed E-state index contributed by atoms with van der Waals surface area (Å²) in [5.41, 5.74) is 4.79. The summed E-state index contributed by atoms with van der Waals surface area (Å²) in [6.45, 7) is 1.96. The second-order valence-corrected chi connectivity index (χ2v) is 7.15. The summed E-state index contributed by atoms with van der Waals surface area (Å²) in [7, 11) is 0. The monoisotopic (exact) mass is 393 g/mol. The highest BCUT2D eigenvalue weighted by molar-refractivity contribution is 6.05. The molecule has 0 aliphatic heterocycles. The molecule has 1 N–H and O–H groups in total. The van der Waals surface area contributed by atoms with E-state index in [1.54, 1.807) is 12.4 Å². The molecule has 30 heavy (non-hydrogen) atoms. The van der Waals surface area contributed by atoms with Crippen LogP contribution in [0.15, 0.2) is 95.9 Å². The van der Waals surface area contributed by atoms with Crippen molar-refractivity contribution in [2.75, 3.05) is 5.32 Å². The first-order valence-corrected chi connectivity index (χ1v) is 9.67. The summed E-state index contributed by atoms with van der Waals surface area (Å²) in [4.78, 5) is 17.1. The Labute approximate surface area is 173 Å². The van der Waals surface area contributed by atoms with Gasteiger partial charge in [-0.2, -0.15) is 0 Å². The Morgan fingerprint density at radius 1 is 0.967 bits per heavy atom. The zero-order chi connectivity index (χ0) is 20.5. The summed E-state index contributed by atoms with van der Waals surface area (Å²) in [6.07, 6.45) is 7.13. The van der Waals surface area contributed by atoms with Gasteiger partial charge in [-0.25, -0.2) is 0 Å². The van der Waals surface area contributed by atoms with Crippen LogP contribution in [0.25, 0.3) is 28.0 Å². The summed E-state index contributed by atoms with van der Waals surface area (Å²) < 4.78 is 7.88. The van der Waals surface area contributed by atoms with Crippen LogP contribution in [-0.2, 0) is 0 Å². The van der Waals surface area contributed by atoms with Gasteiger partial charge in [0.15, 0.2) is 0 Å². The minimum absolute atomic E-state index is 0.207. The number of para-hydroxylation sites is 1. The van der Waals surface area contributed by atoms with E-state index in [0.29, 0.717) is 5.56 Å². The summed E-state index contributed by atoms with van der Waals surface area (Å²) in [6, 6.07) is 21.5. The fourth-order valence-corrected chi connectivity index (χ4v) is 3.43. The van der Waals surface area contributed by atoms with Crippen LogP contribution < -0.4 is 5.32 Å². The van der Waals surface area contributed by atoms with Gasteiger partial charge in [0.2, 0.25) is 0 Å². The Bertz CT molecular complexity index is 1320. The molecule has 2 aromatic carbocycles. The van der Waals surface area contributed by atoms with Gasteiger partial charge in [0.25, 0.3) is 5.91 Å². The quantitative estimate of drug-likeness (QED) is 0.417. The number of carbonyl (C=O) groups is 1. The average molecular weight is 393 g/mol. The van der Waals surface area contributed by atoms with E-state index in [9.17, 15) is 4.79 Å². The molecule has 0 fully saturated rings. The maximum atomic E-state index is 12.9. The minimum Gasteiger partial charge on any atom is -0.456 e. The average Bonchev–Trinajstić information content (AvgIpc) is 3.45. The van der Waals surface area contributed by atoms with Crippen LogP contribution in [0.3, 0.4) is 0 Å². The van der Waals surface area contributed by atoms with E-state index < -0.39 is 0 Å². The topological polar surface area (TPSA) is 60.1 Å². The predicted octanol–water partition coefficient (Wildman–Crippen LogP) is 5.85. The Kier molecular flexibility index (Phi) is 4.41. The second-order valence-electron chi connectivity index (χ2n) is 7.15. The van der Waals surface area contributed by atoms with Crippen LogP contribution >= 0.6 is 0 Å². The Morgan fingerprint density at radius 3 is 2.63 bits per heavy atom. The molecular formula is C25H19N3O2. The number of hydrogen-bond donors (Lipinski definition) is 1. The van der Waals surface area contributed by atoms with Crippen molar-refractivity contribution in [3.05, 3.63) is 103 Å². The van der Waals surface area contributed by atoms with Crippen molar-refractivity contribution in [2.45, 2.75) is 6.92 Å². The van der Waals surface area contributed by atoms with Crippen LogP contribution in [0.5, 0.6) is 0 Å². The molecular weight excluding hydrogens is 374 g/mol. The maximum absolute atomic E-state index is 12.9. The Morgan fingerprint density at radius 2 is 1.80 bits per heavy atom. The van der Waals surface area contributed by atoms with Crippen molar-refractivity contribution in [3.8, 4) is 17.0 Å². The van der Waals surface area contributed by atoms with E-state index in [1.165, 1.54) is 0 Å². The standard InChI is InChI=1S/C25H19N3O2/c1-17-8-9-19(24-14-18-6-2-3-7-23(18)30-24)13-22(17)27-25(29)20-12-21(16-26-15-20)28-10-4-5-11-28/h2-16H,1H3,(H,27,29). The smallest absolute Gasteiger partial charge is 0.257 e. The molecule has 0 unspecified atom stereocenters. The molecule has 0 saturated carbocycles. The van der Waals surface area contributed by atoms with E-state index in [-0.39, 0.29) is 5.91 Å². The van der Waals surface area contributed by atoms with Gasteiger partial charge in [-0.15, -0.1) is 0 Å². The third-order valence-corrected chi connectivity index (χ3v) is 5.08. The lowest BCUT2D eigenvalue weighted by Gasteiger charge is -2.11. The highest BCUT2D eigenvalue weighted by atomic mass is 16.3. The first-order chi connectivity index (χ1) is 14.7. The number of anilines is 1.